The molecule has 36 heavy (non-hydrogen) atoms. The number of rotatable bonds is 6. The second-order valence-electron chi connectivity index (χ2n) is 8.91. The van der Waals surface area contributed by atoms with E-state index < -0.39 is 15.9 Å². The van der Waals surface area contributed by atoms with Crippen molar-refractivity contribution in [2.24, 2.45) is 5.92 Å². The Hall–Kier alpha value is -3.21. The Morgan fingerprint density at radius 1 is 1.19 bits per heavy atom. The number of carbonyl (C=O) groups is 1. The van der Waals surface area contributed by atoms with Crippen LogP contribution < -0.4 is 4.90 Å². The molecule has 5 rings (SSSR count). The first kappa shape index (κ1) is 24.5. The molecule has 1 aliphatic heterocycles. The summed E-state index contributed by atoms with van der Waals surface area (Å²) in [4.78, 5) is 24.4. The lowest BCUT2D eigenvalue weighted by molar-refractivity contribution is -0.123. The lowest BCUT2D eigenvalue weighted by atomic mass is 9.98. The van der Waals surface area contributed by atoms with Gasteiger partial charge in [0.15, 0.2) is 5.13 Å². The molecule has 4 aromatic rings. The van der Waals surface area contributed by atoms with Gasteiger partial charge in [0.25, 0.3) is 0 Å². The lowest BCUT2D eigenvalue weighted by Crippen LogP contribution is -2.46. The summed E-state index contributed by atoms with van der Waals surface area (Å²) in [7, 11) is -3.72. The van der Waals surface area contributed by atoms with Gasteiger partial charge in [-0.2, -0.15) is 4.31 Å². The highest BCUT2D eigenvalue weighted by Gasteiger charge is 2.36. The summed E-state index contributed by atoms with van der Waals surface area (Å²) in [6.45, 7) is 2.59. The van der Waals surface area contributed by atoms with Gasteiger partial charge in [-0.25, -0.2) is 17.8 Å². The van der Waals surface area contributed by atoms with Crippen LogP contribution in [0.2, 0.25) is 0 Å². The monoisotopic (exact) mass is 524 g/mol. The number of benzene rings is 2. The highest BCUT2D eigenvalue weighted by Crippen LogP contribution is 2.33. The second kappa shape index (κ2) is 10.0. The number of carbonyl (C=O) groups excluding carboxylic acids is 1. The molecule has 186 valence electrons. The highest BCUT2D eigenvalue weighted by atomic mass is 32.2. The third-order valence-electron chi connectivity index (χ3n) is 6.29. The third kappa shape index (κ3) is 5.02. The van der Waals surface area contributed by atoms with Crippen molar-refractivity contribution in [3.63, 3.8) is 0 Å². The Balaban J connectivity index is 1.44. The summed E-state index contributed by atoms with van der Waals surface area (Å²) in [5.74, 6) is -1.10. The minimum absolute atomic E-state index is 0.0953. The van der Waals surface area contributed by atoms with Crippen LogP contribution in [0.1, 0.15) is 24.0 Å². The Morgan fingerprint density at radius 3 is 2.75 bits per heavy atom. The van der Waals surface area contributed by atoms with Crippen LogP contribution in [0.4, 0.5) is 9.52 Å². The molecule has 0 bridgehead atoms. The summed E-state index contributed by atoms with van der Waals surface area (Å²) in [5.41, 5.74) is 2.39. The summed E-state index contributed by atoms with van der Waals surface area (Å²) >= 11 is 1.24. The molecule has 0 radical (unpaired) electrons. The number of pyridine rings is 1. The van der Waals surface area contributed by atoms with E-state index in [1.165, 1.54) is 27.8 Å². The Bertz CT molecular complexity index is 1490. The third-order valence-corrected chi connectivity index (χ3v) is 9.21. The number of hydrogen-bond donors (Lipinski definition) is 0. The zero-order chi connectivity index (χ0) is 25.3. The number of aryl methyl sites for hydroxylation is 1. The number of fused-ring (bicyclic) bond motifs is 1. The summed E-state index contributed by atoms with van der Waals surface area (Å²) in [5, 5.41) is 0.447. The number of nitrogens with zero attached hydrogens (tertiary/aromatic N) is 4. The number of amides is 1. The van der Waals surface area contributed by atoms with Crippen molar-refractivity contribution < 1.29 is 17.6 Å². The minimum Gasteiger partial charge on any atom is -0.283 e. The zero-order valence-corrected chi connectivity index (χ0v) is 21.3. The van der Waals surface area contributed by atoms with E-state index in [9.17, 15) is 17.6 Å². The van der Waals surface area contributed by atoms with Gasteiger partial charge in [0.1, 0.15) is 5.82 Å². The minimum atomic E-state index is -3.72. The van der Waals surface area contributed by atoms with Crippen LogP contribution in [-0.4, -0.2) is 41.7 Å². The molecule has 1 fully saturated rings. The fourth-order valence-corrected chi connectivity index (χ4v) is 6.88. The van der Waals surface area contributed by atoms with Crippen LogP contribution >= 0.6 is 11.3 Å². The molecule has 0 saturated carbocycles. The van der Waals surface area contributed by atoms with Crippen molar-refractivity contribution in [1.82, 2.24) is 14.3 Å². The molecule has 0 N–H and O–H groups in total. The maximum absolute atomic E-state index is 13.9. The number of piperidine rings is 1. The topological polar surface area (TPSA) is 83.5 Å². The van der Waals surface area contributed by atoms with Crippen LogP contribution in [0.5, 0.6) is 0 Å². The summed E-state index contributed by atoms with van der Waals surface area (Å²) < 4.78 is 42.4. The maximum Gasteiger partial charge on any atom is 0.243 e. The van der Waals surface area contributed by atoms with Gasteiger partial charge >= 0.3 is 0 Å². The van der Waals surface area contributed by atoms with Gasteiger partial charge < -0.3 is 0 Å². The Morgan fingerprint density at radius 2 is 2.00 bits per heavy atom. The zero-order valence-electron chi connectivity index (χ0n) is 19.7. The van der Waals surface area contributed by atoms with E-state index in [0.29, 0.717) is 34.7 Å². The predicted molar refractivity (Wildman–Crippen MR) is 138 cm³/mol. The number of halogens is 1. The first-order chi connectivity index (χ1) is 17.3. The van der Waals surface area contributed by atoms with Gasteiger partial charge in [0, 0.05) is 25.5 Å². The summed E-state index contributed by atoms with van der Waals surface area (Å²) in [6, 6.07) is 14.7. The molecule has 0 aliphatic carbocycles. The molecule has 0 spiro atoms. The van der Waals surface area contributed by atoms with Gasteiger partial charge in [0.05, 0.1) is 27.6 Å². The van der Waals surface area contributed by atoms with Crippen molar-refractivity contribution in [3.8, 4) is 0 Å². The molecule has 3 heterocycles. The molecule has 2 aromatic heterocycles. The molecular weight excluding hydrogens is 499 g/mol. The van der Waals surface area contributed by atoms with Gasteiger partial charge in [-0.1, -0.05) is 35.1 Å². The first-order valence-corrected chi connectivity index (χ1v) is 13.9. The quantitative estimate of drug-likeness (QED) is 0.363. The standard InChI is InChI=1S/C26H25FN4O3S2/c1-18-6-9-22(10-7-18)36(33,34)30-13-3-5-20(17-30)25(32)31(16-19-4-2-12-28-15-19)26-29-23-11-8-21(27)14-24(23)35-26/h2,4,6-12,14-15,20H,3,5,13,16-17H2,1H3. The van der Waals surface area contributed by atoms with Crippen LogP contribution in [0, 0.1) is 18.7 Å². The van der Waals surface area contributed by atoms with Crippen molar-refractivity contribution in [3.05, 3.63) is 83.9 Å². The Kier molecular flexibility index (Phi) is 6.83. The van der Waals surface area contributed by atoms with E-state index in [2.05, 4.69) is 9.97 Å². The van der Waals surface area contributed by atoms with Crippen molar-refractivity contribution in [1.29, 1.82) is 0 Å². The molecule has 7 nitrogen and oxygen atoms in total. The van der Waals surface area contributed by atoms with Crippen LogP contribution in [0.25, 0.3) is 10.2 Å². The largest absolute Gasteiger partial charge is 0.283 e. The number of aromatic nitrogens is 2. The number of thiazole rings is 1. The number of sulfonamides is 1. The fraction of sp³-hybridized carbons (Fsp3) is 0.269. The van der Waals surface area contributed by atoms with Crippen LogP contribution in [0.3, 0.4) is 0 Å². The molecule has 1 unspecified atom stereocenters. The lowest BCUT2D eigenvalue weighted by Gasteiger charge is -2.33. The maximum atomic E-state index is 13.9. The molecule has 1 atom stereocenters. The normalized spacial score (nSPS) is 16.8. The molecule has 1 saturated heterocycles. The smallest absolute Gasteiger partial charge is 0.243 e. The summed E-state index contributed by atoms with van der Waals surface area (Å²) in [6.07, 6.45) is 4.49. The molecule has 1 amide bonds. The van der Waals surface area contributed by atoms with Crippen LogP contribution in [0.15, 0.2) is 71.9 Å². The molecular formula is C26H25FN4O3S2. The fourth-order valence-electron chi connectivity index (χ4n) is 4.36. The van der Waals surface area contributed by atoms with Gasteiger partial charge in [0.2, 0.25) is 15.9 Å². The van der Waals surface area contributed by atoms with E-state index in [0.717, 1.165) is 11.1 Å². The van der Waals surface area contributed by atoms with Crippen molar-refractivity contribution >= 4 is 42.6 Å². The van der Waals surface area contributed by atoms with Gasteiger partial charge in [-0.05, 0) is 61.7 Å². The molecule has 2 aromatic carbocycles. The molecule has 1 aliphatic rings. The predicted octanol–water partition coefficient (Wildman–Crippen LogP) is 4.77. The van der Waals surface area contributed by atoms with E-state index in [-0.39, 0.29) is 29.7 Å². The first-order valence-electron chi connectivity index (χ1n) is 11.6. The van der Waals surface area contributed by atoms with Gasteiger partial charge in [-0.15, -0.1) is 0 Å². The SMILES string of the molecule is Cc1ccc(S(=O)(=O)N2CCCC(C(=O)N(Cc3cccnc3)c3nc4ccc(F)cc4s3)C2)cc1. The van der Waals surface area contributed by atoms with Gasteiger partial charge in [-0.3, -0.25) is 14.7 Å². The molecule has 10 heteroatoms. The number of hydrogen-bond acceptors (Lipinski definition) is 6. The van der Waals surface area contributed by atoms with E-state index in [1.54, 1.807) is 53.7 Å². The van der Waals surface area contributed by atoms with E-state index in [4.69, 9.17) is 0 Å². The second-order valence-corrected chi connectivity index (χ2v) is 11.9. The average molecular weight is 525 g/mol. The highest BCUT2D eigenvalue weighted by molar-refractivity contribution is 7.89. The average Bonchev–Trinajstić information content (AvgIpc) is 3.31. The van der Waals surface area contributed by atoms with Crippen molar-refractivity contribution in [2.75, 3.05) is 18.0 Å². The number of anilines is 1. The van der Waals surface area contributed by atoms with E-state index in [1.807, 2.05) is 13.0 Å². The van der Waals surface area contributed by atoms with Crippen molar-refractivity contribution in [2.45, 2.75) is 31.2 Å². The Labute approximate surface area is 213 Å². The van der Waals surface area contributed by atoms with Crippen LogP contribution in [-0.2, 0) is 21.4 Å². The van der Waals surface area contributed by atoms with E-state index >= 15 is 0 Å².